The lowest BCUT2D eigenvalue weighted by Gasteiger charge is -2.38. The molecular weight excluding hydrogens is 314 g/mol. The van der Waals surface area contributed by atoms with Gasteiger partial charge in [0.15, 0.2) is 0 Å². The number of β-amino-alcohol motifs (C(OH)–C–C–N with tert-alkyl or cyclic N) is 1. The Hall–Kier alpha value is -1.43. The molecule has 1 N–H and O–H groups in total. The van der Waals surface area contributed by atoms with Crippen molar-refractivity contribution >= 4 is 5.91 Å². The molecule has 2 aliphatic rings. The number of piperazine rings is 1. The second-order valence-electron chi connectivity index (χ2n) is 8.16. The van der Waals surface area contributed by atoms with E-state index in [1.165, 1.54) is 0 Å². The van der Waals surface area contributed by atoms with Crippen molar-refractivity contribution in [1.82, 2.24) is 14.7 Å². The van der Waals surface area contributed by atoms with Crippen LogP contribution in [0.15, 0.2) is 30.3 Å². The molecule has 3 rings (SSSR count). The molecule has 2 saturated heterocycles. The third kappa shape index (κ3) is 5.27. The monoisotopic (exact) mass is 345 g/mol. The van der Waals surface area contributed by atoms with Crippen LogP contribution >= 0.6 is 0 Å². The fourth-order valence-electron chi connectivity index (χ4n) is 3.97. The molecule has 138 valence electrons. The average Bonchev–Trinajstić information content (AvgIpc) is 3.04. The van der Waals surface area contributed by atoms with Crippen LogP contribution in [0.3, 0.4) is 0 Å². The molecule has 0 aromatic heterocycles. The Morgan fingerprint density at radius 2 is 1.72 bits per heavy atom. The molecule has 0 radical (unpaired) electrons. The Morgan fingerprint density at radius 1 is 1.08 bits per heavy atom. The third-order valence-corrected chi connectivity index (χ3v) is 5.19. The van der Waals surface area contributed by atoms with Crippen molar-refractivity contribution in [3.05, 3.63) is 35.9 Å². The number of carbonyl (C=O) groups excluding carboxylic acids is 1. The highest BCUT2D eigenvalue weighted by molar-refractivity contribution is 5.94. The van der Waals surface area contributed by atoms with E-state index in [4.69, 9.17) is 0 Å². The summed E-state index contributed by atoms with van der Waals surface area (Å²) in [5.74, 6) is 0.742. The van der Waals surface area contributed by atoms with Gasteiger partial charge in [0.1, 0.15) is 0 Å². The summed E-state index contributed by atoms with van der Waals surface area (Å²) in [6.07, 6.45) is 1.10. The van der Waals surface area contributed by atoms with Crippen LogP contribution in [-0.2, 0) is 0 Å². The van der Waals surface area contributed by atoms with Gasteiger partial charge in [0, 0.05) is 57.9 Å². The lowest BCUT2D eigenvalue weighted by molar-refractivity contribution is 0.0159. The zero-order valence-corrected chi connectivity index (χ0v) is 15.5. The molecule has 0 bridgehead atoms. The van der Waals surface area contributed by atoms with Gasteiger partial charge in [-0.05, 0) is 38.3 Å². The predicted octanol–water partition coefficient (Wildman–Crippen LogP) is 1.54. The molecule has 2 fully saturated rings. The Morgan fingerprint density at radius 3 is 2.36 bits per heavy atom. The maximum absolute atomic E-state index is 12.5. The molecule has 1 aromatic carbocycles. The molecule has 5 heteroatoms. The number of carbonyl (C=O) groups is 1. The quantitative estimate of drug-likeness (QED) is 0.879. The molecule has 25 heavy (non-hydrogen) atoms. The van der Waals surface area contributed by atoms with Gasteiger partial charge in [-0.25, -0.2) is 0 Å². The number of amides is 1. The standard InChI is InChI=1S/C20H31N3O2/c1-20(2,25)16-22-12-10-21(11-13-22)14-17-8-9-23(15-17)19(24)18-6-4-3-5-7-18/h3-7,17,25H,8-16H2,1-2H3. The van der Waals surface area contributed by atoms with Crippen LogP contribution in [-0.4, -0.2) is 83.7 Å². The predicted molar refractivity (Wildman–Crippen MR) is 99.6 cm³/mol. The summed E-state index contributed by atoms with van der Waals surface area (Å²) in [4.78, 5) is 19.4. The van der Waals surface area contributed by atoms with Crippen molar-refractivity contribution in [2.24, 2.45) is 5.92 Å². The van der Waals surface area contributed by atoms with E-state index in [-0.39, 0.29) is 5.91 Å². The normalized spacial score (nSPS) is 23.2. The lowest BCUT2D eigenvalue weighted by Crippen LogP contribution is -2.51. The second-order valence-corrected chi connectivity index (χ2v) is 8.16. The summed E-state index contributed by atoms with van der Waals surface area (Å²) in [7, 11) is 0. The van der Waals surface area contributed by atoms with Crippen molar-refractivity contribution < 1.29 is 9.90 Å². The zero-order valence-electron chi connectivity index (χ0n) is 15.5. The topological polar surface area (TPSA) is 47.0 Å². The van der Waals surface area contributed by atoms with Crippen LogP contribution in [0.4, 0.5) is 0 Å². The van der Waals surface area contributed by atoms with E-state index >= 15 is 0 Å². The zero-order chi connectivity index (χ0) is 17.9. The van der Waals surface area contributed by atoms with Gasteiger partial charge in [0.05, 0.1) is 5.60 Å². The summed E-state index contributed by atoms with van der Waals surface area (Å²) < 4.78 is 0. The molecular formula is C20H31N3O2. The Balaban J connectivity index is 1.43. The summed E-state index contributed by atoms with van der Waals surface area (Å²) >= 11 is 0. The van der Waals surface area contributed by atoms with Crippen LogP contribution in [0, 0.1) is 5.92 Å². The van der Waals surface area contributed by atoms with Crippen LogP contribution in [0.2, 0.25) is 0 Å². The summed E-state index contributed by atoms with van der Waals surface area (Å²) in [5.41, 5.74) is 0.176. The highest BCUT2D eigenvalue weighted by Crippen LogP contribution is 2.20. The van der Waals surface area contributed by atoms with Crippen LogP contribution < -0.4 is 0 Å². The van der Waals surface area contributed by atoms with Gasteiger partial charge in [-0.1, -0.05) is 18.2 Å². The summed E-state index contributed by atoms with van der Waals surface area (Å²) in [5, 5.41) is 9.95. The van der Waals surface area contributed by atoms with E-state index in [9.17, 15) is 9.90 Å². The molecule has 2 aliphatic heterocycles. The van der Waals surface area contributed by atoms with Gasteiger partial charge in [-0.2, -0.15) is 0 Å². The van der Waals surface area contributed by atoms with Crippen molar-refractivity contribution in [1.29, 1.82) is 0 Å². The first-order valence-electron chi connectivity index (χ1n) is 9.42. The fourth-order valence-corrected chi connectivity index (χ4v) is 3.97. The molecule has 0 spiro atoms. The minimum Gasteiger partial charge on any atom is -0.389 e. The summed E-state index contributed by atoms with van der Waals surface area (Å²) in [6.45, 7) is 11.4. The van der Waals surface area contributed by atoms with Crippen LogP contribution in [0.5, 0.6) is 0 Å². The number of likely N-dealkylation sites (tertiary alicyclic amines) is 1. The minimum atomic E-state index is -0.619. The highest BCUT2D eigenvalue weighted by atomic mass is 16.3. The van der Waals surface area contributed by atoms with Gasteiger partial charge in [-0.3, -0.25) is 9.69 Å². The Labute approximate surface area is 151 Å². The molecule has 1 unspecified atom stereocenters. The minimum absolute atomic E-state index is 0.165. The molecule has 1 atom stereocenters. The first-order chi connectivity index (χ1) is 11.9. The van der Waals surface area contributed by atoms with Crippen molar-refractivity contribution in [3.8, 4) is 0 Å². The van der Waals surface area contributed by atoms with E-state index in [0.717, 1.165) is 64.3 Å². The largest absolute Gasteiger partial charge is 0.389 e. The van der Waals surface area contributed by atoms with Gasteiger partial charge in [-0.15, -0.1) is 0 Å². The maximum atomic E-state index is 12.5. The van der Waals surface area contributed by atoms with Crippen molar-refractivity contribution in [2.45, 2.75) is 25.9 Å². The van der Waals surface area contributed by atoms with E-state index in [1.807, 2.05) is 49.1 Å². The molecule has 1 aromatic rings. The van der Waals surface area contributed by atoms with Gasteiger partial charge in [0.25, 0.3) is 5.91 Å². The number of aliphatic hydroxyl groups is 1. The number of hydrogen-bond acceptors (Lipinski definition) is 4. The maximum Gasteiger partial charge on any atom is 0.253 e. The first-order valence-corrected chi connectivity index (χ1v) is 9.42. The van der Waals surface area contributed by atoms with E-state index < -0.39 is 5.60 Å². The van der Waals surface area contributed by atoms with E-state index in [2.05, 4.69) is 9.80 Å². The van der Waals surface area contributed by atoms with Gasteiger partial charge in [0.2, 0.25) is 0 Å². The number of benzene rings is 1. The second kappa shape index (κ2) is 7.85. The highest BCUT2D eigenvalue weighted by Gasteiger charge is 2.29. The van der Waals surface area contributed by atoms with Crippen LogP contribution in [0.1, 0.15) is 30.6 Å². The van der Waals surface area contributed by atoms with Crippen molar-refractivity contribution in [3.63, 3.8) is 0 Å². The third-order valence-electron chi connectivity index (χ3n) is 5.19. The average molecular weight is 345 g/mol. The molecule has 0 saturated carbocycles. The van der Waals surface area contributed by atoms with Gasteiger partial charge < -0.3 is 14.9 Å². The van der Waals surface area contributed by atoms with Gasteiger partial charge >= 0.3 is 0 Å². The Kier molecular flexibility index (Phi) is 5.77. The van der Waals surface area contributed by atoms with Crippen molar-refractivity contribution in [2.75, 3.05) is 52.4 Å². The Bertz CT molecular complexity index is 562. The smallest absolute Gasteiger partial charge is 0.253 e. The van der Waals surface area contributed by atoms with Crippen LogP contribution in [0.25, 0.3) is 0 Å². The molecule has 0 aliphatic carbocycles. The summed E-state index contributed by atoms with van der Waals surface area (Å²) in [6, 6.07) is 9.60. The van der Waals surface area contributed by atoms with E-state index in [1.54, 1.807) is 0 Å². The number of rotatable bonds is 5. The lowest BCUT2D eigenvalue weighted by atomic mass is 10.1. The number of nitrogens with zero attached hydrogens (tertiary/aromatic N) is 3. The molecule has 2 heterocycles. The first kappa shape index (κ1) is 18.4. The molecule has 5 nitrogen and oxygen atoms in total. The fraction of sp³-hybridized carbons (Fsp3) is 0.650. The number of hydrogen-bond donors (Lipinski definition) is 1. The molecule has 1 amide bonds. The van der Waals surface area contributed by atoms with E-state index in [0.29, 0.717) is 5.92 Å². The SMILES string of the molecule is CC(C)(O)CN1CCN(CC2CCN(C(=O)c3ccccc3)C2)CC1.